The van der Waals surface area contributed by atoms with Crippen LogP contribution >= 0.6 is 0 Å². The third kappa shape index (κ3) is 2.27. The van der Waals surface area contributed by atoms with Crippen LogP contribution in [0.5, 0.6) is 0 Å². The van der Waals surface area contributed by atoms with Crippen molar-refractivity contribution >= 4 is 5.97 Å². The minimum Gasteiger partial charge on any atom is -0.469 e. The van der Waals surface area contributed by atoms with Gasteiger partial charge in [0.2, 0.25) is 0 Å². The molecule has 1 saturated carbocycles. The Labute approximate surface area is 115 Å². The van der Waals surface area contributed by atoms with E-state index in [1.165, 1.54) is 23.8 Å². The minimum atomic E-state index is -0.385. The predicted octanol–water partition coefficient (Wildman–Crippen LogP) is 2.91. The molecule has 1 aromatic carbocycles. The first-order valence-electron chi connectivity index (χ1n) is 6.88. The molecule has 0 aliphatic heterocycles. The molecule has 19 heavy (non-hydrogen) atoms. The number of benzene rings is 1. The van der Waals surface area contributed by atoms with Crippen molar-refractivity contribution in [2.45, 2.75) is 39.2 Å². The zero-order chi connectivity index (χ0) is 14.0. The summed E-state index contributed by atoms with van der Waals surface area (Å²) in [6.45, 7) is 4.20. The summed E-state index contributed by atoms with van der Waals surface area (Å²) >= 11 is 0. The molecule has 0 amide bonds. The van der Waals surface area contributed by atoms with Crippen LogP contribution in [-0.4, -0.2) is 20.1 Å². The molecule has 0 bridgehead atoms. The highest BCUT2D eigenvalue weighted by atomic mass is 16.5. The van der Waals surface area contributed by atoms with Crippen molar-refractivity contribution in [3.05, 3.63) is 34.9 Å². The number of rotatable bonds is 4. The van der Waals surface area contributed by atoms with Crippen LogP contribution < -0.4 is 5.32 Å². The lowest BCUT2D eigenvalue weighted by Gasteiger charge is -2.45. The largest absolute Gasteiger partial charge is 0.469 e. The monoisotopic (exact) mass is 261 g/mol. The molecule has 1 aliphatic carbocycles. The van der Waals surface area contributed by atoms with E-state index >= 15 is 0 Å². The number of esters is 1. The van der Waals surface area contributed by atoms with Gasteiger partial charge in [-0.3, -0.25) is 4.79 Å². The molecule has 1 aliphatic rings. The second-order valence-corrected chi connectivity index (χ2v) is 5.58. The molecule has 1 aromatic rings. The fourth-order valence-corrected chi connectivity index (χ4v) is 3.25. The van der Waals surface area contributed by atoms with Crippen LogP contribution in [0.4, 0.5) is 0 Å². The van der Waals surface area contributed by atoms with Gasteiger partial charge in [0.1, 0.15) is 0 Å². The molecule has 0 radical (unpaired) electrons. The Bertz CT molecular complexity index is 478. The lowest BCUT2D eigenvalue weighted by Crippen LogP contribution is -2.48. The van der Waals surface area contributed by atoms with Gasteiger partial charge in [-0.15, -0.1) is 0 Å². The maximum atomic E-state index is 12.2. The van der Waals surface area contributed by atoms with Crippen molar-refractivity contribution < 1.29 is 9.53 Å². The number of carbonyl (C=O) groups is 1. The molecule has 2 rings (SSSR count). The number of hydrogen-bond donors (Lipinski definition) is 1. The first-order chi connectivity index (χ1) is 9.05. The number of hydrogen-bond acceptors (Lipinski definition) is 3. The van der Waals surface area contributed by atoms with Crippen molar-refractivity contribution in [1.82, 2.24) is 5.32 Å². The summed E-state index contributed by atoms with van der Waals surface area (Å²) in [6, 6.07) is 6.45. The lowest BCUT2D eigenvalue weighted by atomic mass is 9.62. The molecular formula is C16H23NO2. The molecule has 1 unspecified atom stereocenters. The van der Waals surface area contributed by atoms with E-state index in [1.807, 2.05) is 7.05 Å². The Morgan fingerprint density at radius 3 is 2.47 bits per heavy atom. The smallest absolute Gasteiger partial charge is 0.313 e. The maximum Gasteiger partial charge on any atom is 0.313 e. The quantitative estimate of drug-likeness (QED) is 0.847. The fraction of sp³-hybridized carbons (Fsp3) is 0.562. The van der Waals surface area contributed by atoms with Gasteiger partial charge in [0.05, 0.1) is 12.5 Å². The Hall–Kier alpha value is -1.35. The van der Waals surface area contributed by atoms with Crippen LogP contribution in [-0.2, 0) is 9.53 Å². The fourth-order valence-electron chi connectivity index (χ4n) is 3.25. The highest BCUT2D eigenvalue weighted by Gasteiger charge is 2.51. The summed E-state index contributed by atoms with van der Waals surface area (Å²) in [6.07, 6.45) is 2.90. The van der Waals surface area contributed by atoms with Gasteiger partial charge in [0.15, 0.2) is 0 Å². The van der Waals surface area contributed by atoms with Crippen molar-refractivity contribution in [3.8, 4) is 0 Å². The molecule has 3 heteroatoms. The Kier molecular flexibility index (Phi) is 3.95. The average Bonchev–Trinajstić information content (AvgIpc) is 2.34. The summed E-state index contributed by atoms with van der Waals surface area (Å²) in [7, 11) is 3.41. The molecule has 0 saturated heterocycles. The zero-order valence-electron chi connectivity index (χ0n) is 12.2. The summed E-state index contributed by atoms with van der Waals surface area (Å²) in [5.41, 5.74) is 3.30. The van der Waals surface area contributed by atoms with Crippen molar-refractivity contribution in [3.63, 3.8) is 0 Å². The molecule has 0 aromatic heterocycles. The van der Waals surface area contributed by atoms with Gasteiger partial charge in [-0.25, -0.2) is 0 Å². The highest BCUT2D eigenvalue weighted by Crippen LogP contribution is 2.51. The van der Waals surface area contributed by atoms with Crippen molar-refractivity contribution in [1.29, 1.82) is 0 Å². The van der Waals surface area contributed by atoms with Crippen molar-refractivity contribution in [2.24, 2.45) is 5.41 Å². The van der Waals surface area contributed by atoms with Crippen LogP contribution in [0.1, 0.15) is 42.0 Å². The predicted molar refractivity (Wildman–Crippen MR) is 76.0 cm³/mol. The Morgan fingerprint density at radius 1 is 1.37 bits per heavy atom. The van der Waals surface area contributed by atoms with Crippen molar-refractivity contribution in [2.75, 3.05) is 14.2 Å². The molecule has 1 atom stereocenters. The van der Waals surface area contributed by atoms with Crippen LogP contribution in [0.15, 0.2) is 18.2 Å². The third-order valence-electron chi connectivity index (χ3n) is 4.42. The first-order valence-corrected chi connectivity index (χ1v) is 6.88. The molecule has 3 nitrogen and oxygen atoms in total. The van der Waals surface area contributed by atoms with E-state index in [4.69, 9.17) is 4.74 Å². The number of ether oxygens (including phenoxy) is 1. The first kappa shape index (κ1) is 14.1. The molecule has 0 heterocycles. The number of methoxy groups -OCH3 is 1. The van der Waals surface area contributed by atoms with Crippen LogP contribution in [0, 0.1) is 19.3 Å². The van der Waals surface area contributed by atoms with E-state index in [9.17, 15) is 4.79 Å². The van der Waals surface area contributed by atoms with Gasteiger partial charge >= 0.3 is 5.97 Å². The lowest BCUT2D eigenvalue weighted by molar-refractivity contribution is -0.161. The van der Waals surface area contributed by atoms with Gasteiger partial charge in [0, 0.05) is 6.04 Å². The van der Waals surface area contributed by atoms with Gasteiger partial charge in [-0.05, 0) is 44.9 Å². The average molecular weight is 261 g/mol. The molecular weight excluding hydrogens is 238 g/mol. The van der Waals surface area contributed by atoms with E-state index in [0.717, 1.165) is 19.3 Å². The van der Waals surface area contributed by atoms with Gasteiger partial charge < -0.3 is 10.1 Å². The second-order valence-electron chi connectivity index (χ2n) is 5.58. The summed E-state index contributed by atoms with van der Waals surface area (Å²) in [4.78, 5) is 12.2. The van der Waals surface area contributed by atoms with E-state index in [0.29, 0.717) is 0 Å². The van der Waals surface area contributed by atoms with Gasteiger partial charge in [0.25, 0.3) is 0 Å². The second kappa shape index (κ2) is 5.33. The number of carbonyl (C=O) groups excluding carboxylic acids is 1. The van der Waals surface area contributed by atoms with Crippen LogP contribution in [0.2, 0.25) is 0 Å². The molecule has 1 N–H and O–H groups in total. The Balaban J connectivity index is 2.41. The van der Waals surface area contributed by atoms with E-state index in [2.05, 4.69) is 37.4 Å². The number of aryl methyl sites for hydroxylation is 2. The van der Waals surface area contributed by atoms with Gasteiger partial charge in [-0.1, -0.05) is 30.2 Å². The SMILES string of the molecule is CNC(c1ccc(C)cc1C)C1(C(=O)OC)CCC1. The standard InChI is InChI=1S/C16H23NO2/c1-11-6-7-13(12(2)10-11)14(17-3)16(8-5-9-16)15(18)19-4/h6-7,10,14,17H,5,8-9H2,1-4H3. The van der Waals surface area contributed by atoms with Gasteiger partial charge in [-0.2, -0.15) is 0 Å². The highest BCUT2D eigenvalue weighted by molar-refractivity contribution is 5.79. The summed E-state index contributed by atoms with van der Waals surface area (Å²) in [5, 5.41) is 3.34. The van der Waals surface area contributed by atoms with Crippen LogP contribution in [0.25, 0.3) is 0 Å². The molecule has 104 valence electrons. The normalized spacial score (nSPS) is 18.5. The van der Waals surface area contributed by atoms with E-state index < -0.39 is 0 Å². The Morgan fingerprint density at radius 2 is 2.05 bits per heavy atom. The molecule has 0 spiro atoms. The number of nitrogens with one attached hydrogen (secondary N) is 1. The maximum absolute atomic E-state index is 12.2. The van der Waals surface area contributed by atoms with E-state index in [1.54, 1.807) is 0 Å². The minimum absolute atomic E-state index is 0.0364. The molecule has 1 fully saturated rings. The topological polar surface area (TPSA) is 38.3 Å². The third-order valence-corrected chi connectivity index (χ3v) is 4.42. The zero-order valence-corrected chi connectivity index (χ0v) is 12.2. The van der Waals surface area contributed by atoms with E-state index in [-0.39, 0.29) is 17.4 Å². The summed E-state index contributed by atoms with van der Waals surface area (Å²) < 4.78 is 5.05. The van der Waals surface area contributed by atoms with Crippen LogP contribution in [0.3, 0.4) is 0 Å². The summed E-state index contributed by atoms with van der Waals surface area (Å²) in [5.74, 6) is -0.0851.